The average molecular weight is 738 g/mol. The van der Waals surface area contributed by atoms with Gasteiger partial charge in [0, 0.05) is 0 Å². The third-order valence-electron chi connectivity index (χ3n) is 8.19. The molecule has 3 heterocycles. The van der Waals surface area contributed by atoms with E-state index < -0.39 is 42.4 Å². The number of unbranched alkanes of at least 4 members (excludes halogenated alkanes) is 6. The van der Waals surface area contributed by atoms with E-state index >= 15 is 0 Å². The number of aryl methyl sites for hydroxylation is 1. The van der Waals surface area contributed by atoms with Gasteiger partial charge in [-0.25, -0.2) is 24.9 Å². The van der Waals surface area contributed by atoms with E-state index in [9.17, 15) is 18.9 Å². The van der Waals surface area contributed by atoms with Crippen molar-refractivity contribution in [1.82, 2.24) is 29.3 Å². The number of fused-ring (bicyclic) bond motifs is 1. The minimum absolute atomic E-state index is 0.0485. The highest BCUT2D eigenvalue weighted by Gasteiger charge is 2.43. The molecule has 3 aromatic rings. The van der Waals surface area contributed by atoms with Crippen LogP contribution in [0.1, 0.15) is 111 Å². The Morgan fingerprint density at radius 2 is 1.45 bits per heavy atom. The standard InChI is InChI=1S/C34H56N7O9P/c1-9-11-13-15-17-46-30(42)33(5,6)38-51(45,39-34(7,8)31(43)47-18-16-14-12-10-2)23-48-24(3)19-41-21-36-27-28(35)40(22-37-29(27)41)20-26-25(4)49-32(44)50-26/h21-22,24,35H,9-20,23H2,1-8H3,(H2,38,39,45)/t24-/m1/s1. The Labute approximate surface area is 299 Å². The molecule has 0 aliphatic carbocycles. The van der Waals surface area contributed by atoms with Crippen molar-refractivity contribution in [3.05, 3.63) is 40.3 Å². The Morgan fingerprint density at radius 1 is 0.902 bits per heavy atom. The molecule has 51 heavy (non-hydrogen) atoms. The van der Waals surface area contributed by atoms with Crippen molar-refractivity contribution in [2.75, 3.05) is 19.6 Å². The zero-order valence-electron chi connectivity index (χ0n) is 31.3. The Hall–Kier alpha value is -3.59. The maximum absolute atomic E-state index is 14.6. The smallest absolute Gasteiger partial charge is 0.464 e. The molecule has 3 rings (SSSR count). The first-order chi connectivity index (χ1) is 24.0. The van der Waals surface area contributed by atoms with Crippen molar-refractivity contribution < 1.29 is 37.2 Å². The Bertz CT molecular complexity index is 1710. The highest BCUT2D eigenvalue weighted by molar-refractivity contribution is 7.59. The number of imidazole rings is 1. The van der Waals surface area contributed by atoms with Crippen LogP contribution in [0.25, 0.3) is 11.2 Å². The van der Waals surface area contributed by atoms with E-state index in [0.717, 1.165) is 51.4 Å². The van der Waals surface area contributed by atoms with Crippen LogP contribution in [0.2, 0.25) is 0 Å². The minimum Gasteiger partial charge on any atom is -0.464 e. The summed E-state index contributed by atoms with van der Waals surface area (Å²) in [4.78, 5) is 46.5. The second-order valence-corrected chi connectivity index (χ2v) is 16.1. The molecule has 3 N–H and O–H groups in total. The van der Waals surface area contributed by atoms with Crippen LogP contribution in [0.5, 0.6) is 0 Å². The number of carbonyl (C=O) groups is 2. The summed E-state index contributed by atoms with van der Waals surface area (Å²) in [5.74, 6) is -1.38. The molecule has 1 atom stereocenters. The lowest BCUT2D eigenvalue weighted by Crippen LogP contribution is -2.54. The maximum atomic E-state index is 14.6. The van der Waals surface area contributed by atoms with Crippen molar-refractivity contribution in [2.45, 2.75) is 137 Å². The molecule has 0 aliphatic rings. The summed E-state index contributed by atoms with van der Waals surface area (Å²) < 4.78 is 44.9. The summed E-state index contributed by atoms with van der Waals surface area (Å²) in [6, 6.07) is 0. The lowest BCUT2D eigenvalue weighted by molar-refractivity contribution is -0.149. The number of nitrogens with one attached hydrogen (secondary N) is 3. The van der Waals surface area contributed by atoms with Gasteiger partial charge in [-0.2, -0.15) is 0 Å². The molecule has 0 amide bonds. The van der Waals surface area contributed by atoms with Crippen LogP contribution >= 0.6 is 7.44 Å². The zero-order chi connectivity index (χ0) is 37.8. The van der Waals surface area contributed by atoms with Crippen LogP contribution < -0.4 is 21.5 Å². The van der Waals surface area contributed by atoms with Crippen LogP contribution in [0.15, 0.2) is 26.3 Å². The topological polar surface area (TPSA) is 206 Å². The summed E-state index contributed by atoms with van der Waals surface area (Å²) in [5.41, 5.74) is -1.99. The fourth-order valence-corrected chi connectivity index (χ4v) is 7.96. The number of hydrogen-bond donors (Lipinski definition) is 3. The first-order valence-electron chi connectivity index (χ1n) is 17.7. The van der Waals surface area contributed by atoms with E-state index in [-0.39, 0.29) is 43.9 Å². The number of ether oxygens (including phenoxy) is 3. The Balaban J connectivity index is 1.74. The molecular weight excluding hydrogens is 681 g/mol. The molecule has 0 bridgehead atoms. The molecule has 16 nitrogen and oxygen atoms in total. The van der Waals surface area contributed by atoms with Gasteiger partial charge in [-0.1, -0.05) is 52.4 Å². The molecule has 286 valence electrons. The van der Waals surface area contributed by atoms with Gasteiger partial charge < -0.3 is 32.2 Å². The highest BCUT2D eigenvalue weighted by Crippen LogP contribution is 2.42. The SMILES string of the molecule is CCCCCCOC(=O)C(C)(C)NP(=O)(CO[C@H](C)Cn1cnc2c(=N)n(Cc3oc(=O)oc3C)cnc21)NC(C)(C)C(=O)OCCCCCC. The predicted molar refractivity (Wildman–Crippen MR) is 190 cm³/mol. The number of esters is 2. The fourth-order valence-electron chi connectivity index (χ4n) is 5.32. The van der Waals surface area contributed by atoms with Crippen molar-refractivity contribution in [3.8, 4) is 0 Å². The maximum Gasteiger partial charge on any atom is 0.519 e. The van der Waals surface area contributed by atoms with Crippen LogP contribution in [-0.2, 0) is 41.5 Å². The molecular formula is C34H56N7O9P. The Kier molecular flexibility index (Phi) is 15.4. The van der Waals surface area contributed by atoms with Gasteiger partial charge in [-0.15, -0.1) is 0 Å². The van der Waals surface area contributed by atoms with Gasteiger partial charge in [0.15, 0.2) is 16.9 Å². The first kappa shape index (κ1) is 41.8. The summed E-state index contributed by atoms with van der Waals surface area (Å²) in [6.45, 7) is 14.7. The number of hydrogen-bond acceptors (Lipinski definition) is 12. The number of aromatic nitrogens is 4. The molecule has 0 fully saturated rings. The third kappa shape index (κ3) is 12.3. The van der Waals surface area contributed by atoms with E-state index in [1.165, 1.54) is 17.2 Å². The van der Waals surface area contributed by atoms with Gasteiger partial charge in [0.05, 0.1) is 45.1 Å². The summed E-state index contributed by atoms with van der Waals surface area (Å²) >= 11 is 0. The molecule has 0 aliphatic heterocycles. The Morgan fingerprint density at radius 3 is 1.96 bits per heavy atom. The summed E-state index contributed by atoms with van der Waals surface area (Å²) in [6.07, 6.45) is 9.56. The van der Waals surface area contributed by atoms with E-state index in [4.69, 9.17) is 28.5 Å². The van der Waals surface area contributed by atoms with Gasteiger partial charge in [0.2, 0.25) is 7.44 Å². The average Bonchev–Trinajstić information content (AvgIpc) is 3.61. The third-order valence-corrected chi connectivity index (χ3v) is 10.5. The van der Waals surface area contributed by atoms with Crippen LogP contribution in [0.4, 0.5) is 0 Å². The van der Waals surface area contributed by atoms with Crippen molar-refractivity contribution in [3.63, 3.8) is 0 Å². The van der Waals surface area contributed by atoms with Crippen LogP contribution in [-0.4, -0.2) is 67.8 Å². The lowest BCUT2D eigenvalue weighted by Gasteiger charge is -2.35. The van der Waals surface area contributed by atoms with Crippen LogP contribution in [0, 0.1) is 12.3 Å². The highest BCUT2D eigenvalue weighted by atomic mass is 31.2. The van der Waals surface area contributed by atoms with Crippen molar-refractivity contribution in [1.29, 1.82) is 5.41 Å². The number of rotatable bonds is 23. The molecule has 0 aromatic carbocycles. The molecule has 0 saturated carbocycles. The number of carbonyl (C=O) groups excluding carboxylic acids is 2. The molecule has 0 radical (unpaired) electrons. The van der Waals surface area contributed by atoms with E-state index in [1.54, 1.807) is 46.1 Å². The predicted octanol–water partition coefficient (Wildman–Crippen LogP) is 5.15. The van der Waals surface area contributed by atoms with E-state index in [1.807, 2.05) is 0 Å². The van der Waals surface area contributed by atoms with Gasteiger partial charge in [0.1, 0.15) is 28.7 Å². The van der Waals surface area contributed by atoms with Crippen molar-refractivity contribution in [2.24, 2.45) is 0 Å². The van der Waals surface area contributed by atoms with Crippen LogP contribution in [0.3, 0.4) is 0 Å². The van der Waals surface area contributed by atoms with E-state index in [0.29, 0.717) is 16.9 Å². The van der Waals surface area contributed by atoms with Gasteiger partial charge in [0.25, 0.3) is 0 Å². The molecule has 0 saturated heterocycles. The van der Waals surface area contributed by atoms with Gasteiger partial charge >= 0.3 is 17.8 Å². The summed E-state index contributed by atoms with van der Waals surface area (Å²) in [5, 5.41) is 14.5. The van der Waals surface area contributed by atoms with Gasteiger partial charge in [-0.3, -0.25) is 19.6 Å². The van der Waals surface area contributed by atoms with Crippen molar-refractivity contribution >= 4 is 30.5 Å². The normalized spacial score (nSPS) is 13.1. The van der Waals surface area contributed by atoms with E-state index in [2.05, 4.69) is 34.0 Å². The summed E-state index contributed by atoms with van der Waals surface area (Å²) in [7, 11) is -3.85. The van der Waals surface area contributed by atoms with Gasteiger partial charge in [-0.05, 0) is 54.4 Å². The number of nitrogens with zero attached hydrogens (tertiary/aromatic N) is 4. The zero-order valence-corrected chi connectivity index (χ0v) is 32.2. The molecule has 3 aromatic heterocycles. The quantitative estimate of drug-likeness (QED) is 0.0655. The second-order valence-electron chi connectivity index (χ2n) is 13.9. The molecule has 0 spiro atoms. The second kappa shape index (κ2) is 18.8. The lowest BCUT2D eigenvalue weighted by atomic mass is 10.1. The molecule has 17 heteroatoms. The fraction of sp³-hybridized carbons (Fsp3) is 0.706. The first-order valence-corrected chi connectivity index (χ1v) is 19.6. The molecule has 0 unspecified atom stereocenters. The minimum atomic E-state index is -3.85. The monoisotopic (exact) mass is 737 g/mol. The largest absolute Gasteiger partial charge is 0.519 e.